The van der Waals surface area contributed by atoms with Gasteiger partial charge in [-0.25, -0.2) is 0 Å². The number of hydrogen-bond acceptors (Lipinski definition) is 5. The predicted octanol–water partition coefficient (Wildman–Crippen LogP) is 0.415. The Kier molecular flexibility index (Phi) is 3.85. The summed E-state index contributed by atoms with van der Waals surface area (Å²) >= 11 is 0. The van der Waals surface area contributed by atoms with Gasteiger partial charge in [0.15, 0.2) is 5.78 Å². The van der Waals surface area contributed by atoms with Gasteiger partial charge in [-0.05, 0) is 37.1 Å². The smallest absolute Gasteiger partial charge is 0.255 e. The van der Waals surface area contributed by atoms with Crippen LogP contribution in [0.5, 0.6) is 5.75 Å². The van der Waals surface area contributed by atoms with E-state index in [9.17, 15) is 19.2 Å². The van der Waals surface area contributed by atoms with Crippen LogP contribution < -0.4 is 10.1 Å². The summed E-state index contributed by atoms with van der Waals surface area (Å²) < 4.78 is 5.34. The molecule has 0 aromatic heterocycles. The van der Waals surface area contributed by atoms with E-state index in [1.165, 1.54) is 11.8 Å². The molecule has 1 aromatic rings. The second-order valence-corrected chi connectivity index (χ2v) is 5.71. The molecule has 0 radical (unpaired) electrons. The van der Waals surface area contributed by atoms with Crippen LogP contribution in [0.25, 0.3) is 0 Å². The Hall–Kier alpha value is -2.70. The van der Waals surface area contributed by atoms with Gasteiger partial charge in [-0.15, -0.1) is 0 Å². The SMILES string of the molecule is CC(=O)COc1ccc2c(c1)CN(C1CCC(=O)NC1=O)C2=O. The summed E-state index contributed by atoms with van der Waals surface area (Å²) in [5, 5.41) is 2.26. The molecule has 1 fully saturated rings. The minimum Gasteiger partial charge on any atom is -0.486 e. The average molecular weight is 316 g/mol. The number of piperidine rings is 1. The van der Waals surface area contributed by atoms with Crippen LogP contribution in [0.15, 0.2) is 18.2 Å². The second kappa shape index (κ2) is 5.83. The number of benzene rings is 1. The number of nitrogens with zero attached hydrogens (tertiary/aromatic N) is 1. The maximum Gasteiger partial charge on any atom is 0.255 e. The number of amides is 3. The van der Waals surface area contributed by atoms with E-state index in [2.05, 4.69) is 5.32 Å². The van der Waals surface area contributed by atoms with Crippen LogP contribution >= 0.6 is 0 Å². The van der Waals surface area contributed by atoms with Gasteiger partial charge in [0.25, 0.3) is 5.91 Å². The largest absolute Gasteiger partial charge is 0.486 e. The number of ketones is 1. The molecule has 120 valence electrons. The topological polar surface area (TPSA) is 92.8 Å². The van der Waals surface area contributed by atoms with Crippen molar-refractivity contribution in [1.29, 1.82) is 0 Å². The Morgan fingerprint density at radius 1 is 1.35 bits per heavy atom. The van der Waals surface area contributed by atoms with Crippen molar-refractivity contribution >= 4 is 23.5 Å². The molecule has 2 aliphatic heterocycles. The summed E-state index contributed by atoms with van der Waals surface area (Å²) in [6, 6.07) is 4.35. The second-order valence-electron chi connectivity index (χ2n) is 5.71. The molecule has 3 amide bonds. The molecule has 23 heavy (non-hydrogen) atoms. The zero-order chi connectivity index (χ0) is 16.6. The molecular formula is C16H16N2O5. The maximum absolute atomic E-state index is 12.5. The molecule has 7 heteroatoms. The molecule has 0 aliphatic carbocycles. The molecule has 1 saturated heterocycles. The van der Waals surface area contributed by atoms with Crippen molar-refractivity contribution in [2.45, 2.75) is 32.4 Å². The summed E-state index contributed by atoms with van der Waals surface area (Å²) in [4.78, 5) is 48.1. The predicted molar refractivity (Wildman–Crippen MR) is 78.7 cm³/mol. The van der Waals surface area contributed by atoms with E-state index in [1.54, 1.807) is 18.2 Å². The molecule has 2 heterocycles. The van der Waals surface area contributed by atoms with Gasteiger partial charge in [-0.3, -0.25) is 24.5 Å². The van der Waals surface area contributed by atoms with E-state index < -0.39 is 11.9 Å². The number of rotatable bonds is 4. The van der Waals surface area contributed by atoms with Crippen LogP contribution in [0.4, 0.5) is 0 Å². The molecule has 0 saturated carbocycles. The summed E-state index contributed by atoms with van der Waals surface area (Å²) in [7, 11) is 0. The number of hydrogen-bond donors (Lipinski definition) is 1. The van der Waals surface area contributed by atoms with E-state index in [1.807, 2.05) is 0 Å². The molecule has 1 aromatic carbocycles. The van der Waals surface area contributed by atoms with Crippen molar-refractivity contribution in [2.24, 2.45) is 0 Å². The summed E-state index contributed by atoms with van der Waals surface area (Å²) in [5.41, 5.74) is 1.27. The number of ether oxygens (including phenoxy) is 1. The number of imide groups is 1. The first-order valence-corrected chi connectivity index (χ1v) is 7.35. The van der Waals surface area contributed by atoms with Crippen molar-refractivity contribution < 1.29 is 23.9 Å². The lowest BCUT2D eigenvalue weighted by atomic mass is 10.0. The van der Waals surface area contributed by atoms with Gasteiger partial charge in [0, 0.05) is 18.5 Å². The van der Waals surface area contributed by atoms with Crippen LogP contribution in [0.3, 0.4) is 0 Å². The third-order valence-electron chi connectivity index (χ3n) is 3.94. The van der Waals surface area contributed by atoms with Crippen molar-refractivity contribution in [3.8, 4) is 5.75 Å². The van der Waals surface area contributed by atoms with E-state index in [0.29, 0.717) is 17.7 Å². The Bertz CT molecular complexity index is 712. The summed E-state index contributed by atoms with van der Waals surface area (Å²) in [6.45, 7) is 1.70. The third-order valence-corrected chi connectivity index (χ3v) is 3.94. The summed E-state index contributed by atoms with van der Waals surface area (Å²) in [6.07, 6.45) is 0.557. The van der Waals surface area contributed by atoms with E-state index in [0.717, 1.165) is 5.56 Å². The van der Waals surface area contributed by atoms with Crippen molar-refractivity contribution in [3.05, 3.63) is 29.3 Å². The molecule has 0 bridgehead atoms. The standard InChI is InChI=1S/C16H16N2O5/c1-9(19)8-23-11-2-3-12-10(6-11)7-18(16(12)22)13-4-5-14(20)17-15(13)21/h2-3,6,13H,4-5,7-8H2,1H3,(H,17,20,21). The van der Waals surface area contributed by atoms with Crippen LogP contribution in [-0.2, 0) is 20.9 Å². The fraction of sp³-hybridized carbons (Fsp3) is 0.375. The van der Waals surface area contributed by atoms with Crippen LogP contribution in [-0.4, -0.2) is 41.1 Å². The Balaban J connectivity index is 1.77. The monoisotopic (exact) mass is 316 g/mol. The number of Topliss-reactive ketones (excluding diaryl/α,β-unsaturated/α-hetero) is 1. The highest BCUT2D eigenvalue weighted by molar-refractivity contribution is 6.05. The quantitative estimate of drug-likeness (QED) is 0.813. The summed E-state index contributed by atoms with van der Waals surface area (Å²) in [5.74, 6) is -0.554. The average Bonchev–Trinajstić information content (AvgIpc) is 2.82. The third kappa shape index (κ3) is 2.94. The van der Waals surface area contributed by atoms with E-state index >= 15 is 0 Å². The van der Waals surface area contributed by atoms with Crippen molar-refractivity contribution in [3.63, 3.8) is 0 Å². The van der Waals surface area contributed by atoms with Crippen LogP contribution in [0, 0.1) is 0 Å². The number of carbonyl (C=O) groups is 4. The molecule has 1 N–H and O–H groups in total. The number of carbonyl (C=O) groups excluding carboxylic acids is 4. The number of nitrogens with one attached hydrogen (secondary N) is 1. The highest BCUT2D eigenvalue weighted by Crippen LogP contribution is 2.30. The lowest BCUT2D eigenvalue weighted by Gasteiger charge is -2.29. The molecule has 1 atom stereocenters. The zero-order valence-corrected chi connectivity index (χ0v) is 12.6. The molecule has 1 unspecified atom stereocenters. The first-order chi connectivity index (χ1) is 11.0. The highest BCUT2D eigenvalue weighted by Gasteiger charge is 2.39. The first-order valence-electron chi connectivity index (χ1n) is 7.35. The van der Waals surface area contributed by atoms with Gasteiger partial charge in [0.2, 0.25) is 11.8 Å². The molecular weight excluding hydrogens is 300 g/mol. The zero-order valence-electron chi connectivity index (χ0n) is 12.6. The van der Waals surface area contributed by atoms with Crippen LogP contribution in [0.2, 0.25) is 0 Å². The van der Waals surface area contributed by atoms with Gasteiger partial charge >= 0.3 is 0 Å². The Labute approximate surface area is 132 Å². The van der Waals surface area contributed by atoms with Gasteiger partial charge in [-0.2, -0.15) is 0 Å². The van der Waals surface area contributed by atoms with Crippen LogP contribution in [0.1, 0.15) is 35.7 Å². The highest BCUT2D eigenvalue weighted by atomic mass is 16.5. The fourth-order valence-corrected chi connectivity index (χ4v) is 2.83. The van der Waals surface area contributed by atoms with E-state index in [-0.39, 0.29) is 37.2 Å². The molecule has 0 spiro atoms. The minimum atomic E-state index is -0.630. The van der Waals surface area contributed by atoms with Gasteiger partial charge in [0.05, 0.1) is 0 Å². The lowest BCUT2D eigenvalue weighted by molar-refractivity contribution is -0.137. The van der Waals surface area contributed by atoms with Gasteiger partial charge in [0.1, 0.15) is 18.4 Å². The number of fused-ring (bicyclic) bond motifs is 1. The molecule has 3 rings (SSSR count). The van der Waals surface area contributed by atoms with E-state index in [4.69, 9.17) is 4.74 Å². The fourth-order valence-electron chi connectivity index (χ4n) is 2.83. The van der Waals surface area contributed by atoms with Gasteiger partial charge < -0.3 is 9.64 Å². The van der Waals surface area contributed by atoms with Crippen molar-refractivity contribution in [1.82, 2.24) is 10.2 Å². The first kappa shape index (κ1) is 15.2. The Morgan fingerprint density at radius 2 is 2.13 bits per heavy atom. The van der Waals surface area contributed by atoms with Crippen molar-refractivity contribution in [2.75, 3.05) is 6.61 Å². The maximum atomic E-state index is 12.5. The Morgan fingerprint density at radius 3 is 2.83 bits per heavy atom. The molecule has 7 nitrogen and oxygen atoms in total. The minimum absolute atomic E-state index is 0.0242. The normalized spacial score (nSPS) is 20.3. The molecule has 2 aliphatic rings. The van der Waals surface area contributed by atoms with Gasteiger partial charge in [-0.1, -0.05) is 0 Å². The lowest BCUT2D eigenvalue weighted by Crippen LogP contribution is -2.52.